The SMILES string of the molecule is CC1CCCC(NC(=O)CSc2nnc(-c3ccc(F)cc3)n2CCN2CCOCC2)C1C. The molecule has 2 heterocycles. The van der Waals surface area contributed by atoms with Gasteiger partial charge in [-0.15, -0.1) is 10.2 Å². The number of hydrogen-bond acceptors (Lipinski definition) is 6. The molecule has 1 saturated carbocycles. The maximum absolute atomic E-state index is 13.4. The summed E-state index contributed by atoms with van der Waals surface area (Å²) >= 11 is 1.41. The summed E-state index contributed by atoms with van der Waals surface area (Å²) in [5.41, 5.74) is 0.812. The van der Waals surface area contributed by atoms with Crippen molar-refractivity contribution < 1.29 is 13.9 Å². The molecule has 0 radical (unpaired) electrons. The minimum Gasteiger partial charge on any atom is -0.379 e. The smallest absolute Gasteiger partial charge is 0.230 e. The zero-order chi connectivity index (χ0) is 23.2. The Balaban J connectivity index is 1.43. The molecule has 1 saturated heterocycles. The van der Waals surface area contributed by atoms with Gasteiger partial charge in [-0.25, -0.2) is 4.39 Å². The predicted molar refractivity (Wildman–Crippen MR) is 128 cm³/mol. The second kappa shape index (κ2) is 11.4. The molecule has 1 N–H and O–H groups in total. The number of ether oxygens (including phenoxy) is 1. The van der Waals surface area contributed by atoms with Crippen molar-refractivity contribution in [1.29, 1.82) is 0 Å². The number of morpholine rings is 1. The van der Waals surface area contributed by atoms with Crippen LogP contribution in [0.25, 0.3) is 11.4 Å². The van der Waals surface area contributed by atoms with Gasteiger partial charge in [0.2, 0.25) is 5.91 Å². The van der Waals surface area contributed by atoms with Crippen LogP contribution in [0.5, 0.6) is 0 Å². The molecule has 1 aliphatic carbocycles. The van der Waals surface area contributed by atoms with Gasteiger partial charge in [0, 0.05) is 37.8 Å². The predicted octanol–water partition coefficient (Wildman–Crippen LogP) is 3.45. The molecule has 180 valence electrons. The zero-order valence-corrected chi connectivity index (χ0v) is 20.3. The number of nitrogens with zero attached hydrogens (tertiary/aromatic N) is 4. The van der Waals surface area contributed by atoms with Crippen LogP contribution in [-0.2, 0) is 16.1 Å². The third kappa shape index (κ3) is 6.33. The van der Waals surface area contributed by atoms with Crippen LogP contribution in [0.15, 0.2) is 29.4 Å². The summed E-state index contributed by atoms with van der Waals surface area (Å²) in [5, 5.41) is 12.7. The van der Waals surface area contributed by atoms with Crippen molar-refractivity contribution in [3.63, 3.8) is 0 Å². The molecule has 7 nitrogen and oxygen atoms in total. The fourth-order valence-electron chi connectivity index (χ4n) is 4.64. The lowest BCUT2D eigenvalue weighted by Gasteiger charge is -2.34. The number of amides is 1. The molecule has 1 aromatic carbocycles. The van der Waals surface area contributed by atoms with E-state index in [2.05, 4.69) is 34.3 Å². The van der Waals surface area contributed by atoms with E-state index in [1.807, 2.05) is 4.57 Å². The van der Waals surface area contributed by atoms with E-state index in [9.17, 15) is 9.18 Å². The molecule has 9 heteroatoms. The molecule has 0 bridgehead atoms. The second-order valence-electron chi connectivity index (χ2n) is 9.15. The van der Waals surface area contributed by atoms with Crippen molar-refractivity contribution in [2.24, 2.45) is 11.8 Å². The van der Waals surface area contributed by atoms with Crippen molar-refractivity contribution >= 4 is 17.7 Å². The molecule has 2 aromatic rings. The number of thioether (sulfide) groups is 1. The van der Waals surface area contributed by atoms with Crippen molar-refractivity contribution in [2.45, 2.75) is 50.9 Å². The minimum absolute atomic E-state index is 0.0389. The molecular weight excluding hydrogens is 441 g/mol. The van der Waals surface area contributed by atoms with Crippen molar-refractivity contribution in [3.8, 4) is 11.4 Å². The van der Waals surface area contributed by atoms with E-state index in [0.717, 1.165) is 44.8 Å². The first-order valence-corrected chi connectivity index (χ1v) is 12.9. The first-order valence-electron chi connectivity index (χ1n) is 11.9. The van der Waals surface area contributed by atoms with Crippen molar-refractivity contribution in [1.82, 2.24) is 25.0 Å². The normalized spacial score (nSPS) is 24.0. The van der Waals surface area contributed by atoms with E-state index >= 15 is 0 Å². The number of nitrogens with one attached hydrogen (secondary N) is 1. The molecule has 33 heavy (non-hydrogen) atoms. The van der Waals surface area contributed by atoms with E-state index in [1.165, 1.54) is 36.7 Å². The van der Waals surface area contributed by atoms with E-state index in [-0.39, 0.29) is 17.8 Å². The fraction of sp³-hybridized carbons (Fsp3) is 0.625. The first kappa shape index (κ1) is 24.2. The third-order valence-electron chi connectivity index (χ3n) is 6.95. The van der Waals surface area contributed by atoms with Crippen molar-refractivity contribution in [2.75, 3.05) is 38.6 Å². The highest BCUT2D eigenvalue weighted by Crippen LogP contribution is 2.30. The highest BCUT2D eigenvalue weighted by Gasteiger charge is 2.28. The lowest BCUT2D eigenvalue weighted by molar-refractivity contribution is -0.120. The summed E-state index contributed by atoms with van der Waals surface area (Å²) < 4.78 is 20.9. The number of rotatable bonds is 8. The van der Waals surface area contributed by atoms with Gasteiger partial charge >= 0.3 is 0 Å². The Labute approximate surface area is 199 Å². The van der Waals surface area contributed by atoms with Gasteiger partial charge in [0.15, 0.2) is 11.0 Å². The van der Waals surface area contributed by atoms with Crippen LogP contribution in [0.1, 0.15) is 33.1 Å². The standard InChI is InChI=1S/C24H34FN5O2S/c1-17-4-3-5-21(18(17)2)26-22(31)16-33-24-28-27-23(19-6-8-20(25)9-7-19)30(24)11-10-29-12-14-32-15-13-29/h6-9,17-18,21H,3-5,10-16H2,1-2H3,(H,26,31). The number of hydrogen-bond donors (Lipinski definition) is 1. The fourth-order valence-corrected chi connectivity index (χ4v) is 5.42. The molecule has 3 atom stereocenters. The molecule has 1 amide bonds. The van der Waals surface area contributed by atoms with Gasteiger partial charge in [0.25, 0.3) is 0 Å². The van der Waals surface area contributed by atoms with Gasteiger partial charge in [-0.3, -0.25) is 9.69 Å². The molecule has 1 aliphatic heterocycles. The Morgan fingerprint density at radius 2 is 1.91 bits per heavy atom. The summed E-state index contributed by atoms with van der Waals surface area (Å²) in [6, 6.07) is 6.55. The summed E-state index contributed by atoms with van der Waals surface area (Å²) in [6.45, 7) is 9.33. The summed E-state index contributed by atoms with van der Waals surface area (Å²) in [4.78, 5) is 15.1. The minimum atomic E-state index is -0.282. The highest BCUT2D eigenvalue weighted by atomic mass is 32.2. The lowest BCUT2D eigenvalue weighted by Crippen LogP contribution is -2.44. The zero-order valence-electron chi connectivity index (χ0n) is 19.5. The highest BCUT2D eigenvalue weighted by molar-refractivity contribution is 7.99. The van der Waals surface area contributed by atoms with E-state index in [4.69, 9.17) is 4.74 Å². The molecule has 3 unspecified atom stereocenters. The van der Waals surface area contributed by atoms with E-state index in [1.54, 1.807) is 12.1 Å². The molecule has 4 rings (SSSR count). The Bertz CT molecular complexity index is 916. The van der Waals surface area contributed by atoms with Gasteiger partial charge in [-0.1, -0.05) is 38.5 Å². The van der Waals surface area contributed by atoms with Gasteiger partial charge in [0.05, 0.1) is 19.0 Å². The number of carbonyl (C=O) groups is 1. The van der Waals surface area contributed by atoms with Gasteiger partial charge in [0.1, 0.15) is 5.82 Å². The Morgan fingerprint density at radius 3 is 2.67 bits per heavy atom. The van der Waals surface area contributed by atoms with E-state index in [0.29, 0.717) is 35.1 Å². The molecule has 1 aromatic heterocycles. The maximum Gasteiger partial charge on any atom is 0.230 e. The second-order valence-corrected chi connectivity index (χ2v) is 10.1. The van der Waals surface area contributed by atoms with Crippen molar-refractivity contribution in [3.05, 3.63) is 30.1 Å². The summed E-state index contributed by atoms with van der Waals surface area (Å²) in [7, 11) is 0. The number of benzene rings is 1. The van der Waals surface area contributed by atoms with Crippen LogP contribution in [0.4, 0.5) is 4.39 Å². The van der Waals surface area contributed by atoms with Crippen LogP contribution < -0.4 is 5.32 Å². The Kier molecular flexibility index (Phi) is 8.38. The summed E-state index contributed by atoms with van der Waals surface area (Å²) in [6.07, 6.45) is 3.45. The topological polar surface area (TPSA) is 72.3 Å². The molecular formula is C24H34FN5O2S. The Morgan fingerprint density at radius 1 is 1.15 bits per heavy atom. The molecule has 0 spiro atoms. The van der Waals surface area contributed by atoms with Crippen LogP contribution in [0.3, 0.4) is 0 Å². The average Bonchev–Trinajstić information content (AvgIpc) is 3.23. The first-order chi connectivity index (χ1) is 16.0. The van der Waals surface area contributed by atoms with Gasteiger partial charge in [-0.2, -0.15) is 0 Å². The lowest BCUT2D eigenvalue weighted by atomic mass is 9.78. The summed E-state index contributed by atoms with van der Waals surface area (Å²) in [5.74, 6) is 1.89. The van der Waals surface area contributed by atoms with Crippen LogP contribution in [0, 0.1) is 17.7 Å². The monoisotopic (exact) mass is 475 g/mol. The van der Waals surface area contributed by atoms with Crippen LogP contribution >= 0.6 is 11.8 Å². The van der Waals surface area contributed by atoms with Gasteiger partial charge < -0.3 is 14.6 Å². The largest absolute Gasteiger partial charge is 0.379 e. The van der Waals surface area contributed by atoms with E-state index < -0.39 is 0 Å². The van der Waals surface area contributed by atoms with Crippen LogP contribution in [0.2, 0.25) is 0 Å². The Hall–Kier alpha value is -1.97. The number of aromatic nitrogens is 3. The average molecular weight is 476 g/mol. The molecule has 2 fully saturated rings. The quantitative estimate of drug-likeness (QED) is 0.590. The third-order valence-corrected chi connectivity index (χ3v) is 7.92. The van der Waals surface area contributed by atoms with Crippen LogP contribution in [-0.4, -0.2) is 70.2 Å². The maximum atomic E-state index is 13.4. The molecule has 2 aliphatic rings. The van der Waals surface area contributed by atoms with Gasteiger partial charge in [-0.05, 0) is 42.5 Å². The number of carbonyl (C=O) groups excluding carboxylic acids is 1. The number of halogens is 1.